The first-order valence-corrected chi connectivity index (χ1v) is 31.1. The molecule has 1 fully saturated rings. The zero-order valence-corrected chi connectivity index (χ0v) is 52.3. The largest absolute Gasteiger partial charge is 0.0955 e. The van der Waals surface area contributed by atoms with Gasteiger partial charge >= 0.3 is 0 Å². The Labute approximate surface area is 502 Å². The summed E-state index contributed by atoms with van der Waals surface area (Å²) >= 11 is 0. The minimum Gasteiger partial charge on any atom is -0.0955 e. The fraction of sp³-hybridized carbons (Fsp3) is 0.277. The van der Waals surface area contributed by atoms with Gasteiger partial charge in [0.2, 0.25) is 0 Å². The van der Waals surface area contributed by atoms with Gasteiger partial charge in [-0.3, -0.25) is 0 Å². The predicted octanol–water partition coefficient (Wildman–Crippen LogP) is 25.0. The molecule has 1 aliphatic carbocycles. The Balaban J connectivity index is 0.000000193. The Bertz CT molecular complexity index is 3500. The van der Waals surface area contributed by atoms with Crippen molar-refractivity contribution in [1.82, 2.24) is 0 Å². The summed E-state index contributed by atoms with van der Waals surface area (Å²) in [5.41, 5.74) is 30.6. The normalized spacial score (nSPS) is 13.4. The van der Waals surface area contributed by atoms with Gasteiger partial charge in [0.05, 0.1) is 0 Å². The lowest BCUT2D eigenvalue weighted by molar-refractivity contribution is 0.420. The first kappa shape index (κ1) is 62.8. The molecule has 0 heteroatoms. The van der Waals surface area contributed by atoms with E-state index in [9.17, 15) is 0 Å². The summed E-state index contributed by atoms with van der Waals surface area (Å²) in [6, 6.07) is 70.4. The van der Waals surface area contributed by atoms with E-state index >= 15 is 0 Å². The van der Waals surface area contributed by atoms with E-state index in [1.165, 1.54) is 136 Å². The van der Waals surface area contributed by atoms with Crippen LogP contribution >= 0.6 is 0 Å². The molecule has 0 nitrogen and oxygen atoms in total. The summed E-state index contributed by atoms with van der Waals surface area (Å²) in [5.74, 6) is 1.19. The molecule has 8 aromatic rings. The van der Waals surface area contributed by atoms with Gasteiger partial charge in [0, 0.05) is 0 Å². The molecule has 1 saturated carbocycles. The van der Waals surface area contributed by atoms with Crippen molar-refractivity contribution in [2.45, 2.75) is 146 Å². The minimum absolute atomic E-state index is 0.542. The number of benzene rings is 8. The Hall–Kier alpha value is -7.80. The van der Waals surface area contributed by atoms with Gasteiger partial charge in [0.1, 0.15) is 0 Å². The van der Waals surface area contributed by atoms with Gasteiger partial charge in [-0.05, 0) is 221 Å². The van der Waals surface area contributed by atoms with Crippen LogP contribution in [0.4, 0.5) is 0 Å². The molecule has 0 heterocycles. The maximum atomic E-state index is 4.29. The van der Waals surface area contributed by atoms with E-state index in [1.54, 1.807) is 0 Å². The molecule has 0 aliphatic heterocycles. The molecule has 0 saturated heterocycles. The highest BCUT2D eigenvalue weighted by Gasteiger charge is 2.26. The Morgan fingerprint density at radius 3 is 1.52 bits per heavy atom. The molecule has 1 unspecified atom stereocenters. The number of hydrogen-bond donors (Lipinski definition) is 0. The third kappa shape index (κ3) is 16.5. The second kappa shape index (κ2) is 31.6. The molecular weight excluding hydrogens is 997 g/mol. The SMILES string of the molecule is C=C(C)c1ccc(CCC)c(-c2cc(-c3cc(C(=C)C)ccc3C3CCC3)c(C)c(-c3ccccc3)c2C)c1.CC/C(C)=C(/C=C(/c1ccccc1)C(C)CC)c1ccccc1.CC/C=C(\C=C(/CCC)c1ccccc1)c1ccccc1. The summed E-state index contributed by atoms with van der Waals surface area (Å²) in [4.78, 5) is 0. The first-order chi connectivity index (χ1) is 40.3. The second-order valence-electron chi connectivity index (χ2n) is 23.0. The quantitative estimate of drug-likeness (QED) is 0.0667. The van der Waals surface area contributed by atoms with Crippen LogP contribution < -0.4 is 0 Å². The van der Waals surface area contributed by atoms with Crippen LogP contribution in [0, 0.1) is 19.8 Å². The van der Waals surface area contributed by atoms with Crippen molar-refractivity contribution >= 4 is 33.4 Å². The molecule has 83 heavy (non-hydrogen) atoms. The van der Waals surface area contributed by atoms with Gasteiger partial charge in [0.15, 0.2) is 0 Å². The van der Waals surface area contributed by atoms with Crippen LogP contribution in [0.1, 0.15) is 182 Å². The van der Waals surface area contributed by atoms with Crippen molar-refractivity contribution in [2.75, 3.05) is 0 Å². The summed E-state index contributed by atoms with van der Waals surface area (Å²) in [6.45, 7) is 33.2. The maximum Gasteiger partial charge on any atom is -0.0113 e. The highest BCUT2D eigenvalue weighted by atomic mass is 14.3. The van der Waals surface area contributed by atoms with Gasteiger partial charge in [-0.1, -0.05) is 285 Å². The monoisotopic (exact) mass is 1090 g/mol. The molecular formula is C83H94. The van der Waals surface area contributed by atoms with Crippen molar-refractivity contribution in [1.29, 1.82) is 0 Å². The second-order valence-corrected chi connectivity index (χ2v) is 23.0. The van der Waals surface area contributed by atoms with Crippen molar-refractivity contribution in [2.24, 2.45) is 5.92 Å². The van der Waals surface area contributed by atoms with Crippen LogP contribution in [0.5, 0.6) is 0 Å². The Morgan fingerprint density at radius 2 is 1.02 bits per heavy atom. The summed E-state index contributed by atoms with van der Waals surface area (Å²) in [5, 5.41) is 0. The fourth-order valence-corrected chi connectivity index (χ4v) is 11.5. The highest BCUT2D eigenvalue weighted by Crippen LogP contribution is 2.47. The van der Waals surface area contributed by atoms with E-state index in [2.05, 4.69) is 302 Å². The molecule has 1 atom stereocenters. The Morgan fingerprint density at radius 1 is 0.518 bits per heavy atom. The van der Waals surface area contributed by atoms with Crippen LogP contribution in [-0.2, 0) is 6.42 Å². The molecule has 0 radical (unpaired) electrons. The van der Waals surface area contributed by atoms with Crippen LogP contribution in [0.25, 0.3) is 66.8 Å². The predicted molar refractivity (Wildman–Crippen MR) is 369 cm³/mol. The van der Waals surface area contributed by atoms with Crippen LogP contribution in [0.2, 0.25) is 0 Å². The summed E-state index contributed by atoms with van der Waals surface area (Å²) in [6.07, 6.45) is 18.7. The van der Waals surface area contributed by atoms with Gasteiger partial charge in [-0.2, -0.15) is 0 Å². The molecule has 9 rings (SSSR count). The topological polar surface area (TPSA) is 0 Å². The molecule has 0 spiro atoms. The van der Waals surface area contributed by atoms with Gasteiger partial charge in [-0.15, -0.1) is 0 Å². The zero-order valence-electron chi connectivity index (χ0n) is 52.3. The average molecular weight is 1090 g/mol. The van der Waals surface area contributed by atoms with Crippen LogP contribution in [0.15, 0.2) is 231 Å². The standard InChI is InChI=1S/C39H42.C23H28.C21H24/c1-8-13-29-18-19-32(25(2)3)22-37(29)35-24-36(28(7)39(27(35)6)31-14-10-9-11-15-31)38-23-33(26(4)5)20-21-34(38)30-16-12-17-30;1-5-18(3)22(20-13-9-7-10-14-20)17-23(19(4)6-2)21-15-11-8-12-16-21;1-3-11-20(18-13-7-5-8-14-18)17-21(12-4-2)19-15-9-6-10-16-19/h9-11,14-15,18-24,30H,2,4,8,12-13,16-17H2,1,3,5-7H3;7-18H,5-6H2,1-4H3;5-11,13-17H,3-4,12H2,1-2H3/b;22-17+,23-19-;20-11+,21-17+. The van der Waals surface area contributed by atoms with Crippen LogP contribution in [0.3, 0.4) is 0 Å². The average Bonchev–Trinajstić information content (AvgIpc) is 2.48. The highest BCUT2D eigenvalue weighted by molar-refractivity contribution is 5.92. The molecule has 0 aromatic heterocycles. The lowest BCUT2D eigenvalue weighted by Crippen LogP contribution is -2.11. The van der Waals surface area contributed by atoms with Crippen molar-refractivity contribution in [3.8, 4) is 33.4 Å². The fourth-order valence-electron chi connectivity index (χ4n) is 11.5. The molecule has 426 valence electrons. The van der Waals surface area contributed by atoms with Gasteiger partial charge in [-0.25, -0.2) is 0 Å². The molecule has 8 aromatic carbocycles. The van der Waals surface area contributed by atoms with E-state index < -0.39 is 0 Å². The lowest BCUT2D eigenvalue weighted by Gasteiger charge is -2.30. The maximum absolute atomic E-state index is 4.29. The third-order valence-electron chi connectivity index (χ3n) is 16.9. The number of rotatable bonds is 20. The van der Waals surface area contributed by atoms with Crippen molar-refractivity contribution in [3.05, 3.63) is 287 Å². The van der Waals surface area contributed by atoms with E-state index in [0.717, 1.165) is 56.1 Å². The van der Waals surface area contributed by atoms with E-state index in [4.69, 9.17) is 0 Å². The van der Waals surface area contributed by atoms with E-state index in [0.29, 0.717) is 11.8 Å². The summed E-state index contributed by atoms with van der Waals surface area (Å²) in [7, 11) is 0. The van der Waals surface area contributed by atoms with Gasteiger partial charge in [0.25, 0.3) is 0 Å². The molecule has 0 bridgehead atoms. The van der Waals surface area contributed by atoms with Crippen molar-refractivity contribution in [3.63, 3.8) is 0 Å². The minimum atomic E-state index is 0.542. The van der Waals surface area contributed by atoms with Crippen LogP contribution in [-0.4, -0.2) is 0 Å². The van der Waals surface area contributed by atoms with Gasteiger partial charge < -0.3 is 0 Å². The number of hydrogen-bond acceptors (Lipinski definition) is 0. The van der Waals surface area contributed by atoms with Crippen molar-refractivity contribution < 1.29 is 0 Å². The lowest BCUT2D eigenvalue weighted by atomic mass is 9.75. The summed E-state index contributed by atoms with van der Waals surface area (Å²) < 4.78 is 0. The molecule has 1 aliphatic rings. The zero-order chi connectivity index (χ0) is 59.3. The number of aryl methyl sites for hydroxylation is 1. The van der Waals surface area contributed by atoms with E-state index in [-0.39, 0.29) is 0 Å². The smallest absolute Gasteiger partial charge is 0.0113 e. The molecule has 0 N–H and O–H groups in total. The third-order valence-corrected chi connectivity index (χ3v) is 16.9. The first-order valence-electron chi connectivity index (χ1n) is 31.1. The molecule has 0 amide bonds. The Kier molecular flexibility index (Phi) is 23.9. The van der Waals surface area contributed by atoms with E-state index in [1.807, 2.05) is 0 Å². The number of allylic oxidation sites excluding steroid dienone is 10.